The minimum absolute atomic E-state index is 0.0100. The molecule has 0 bridgehead atoms. The largest absolute Gasteiger partial charge is 0.371 e. The number of allylic oxidation sites excluding steroid dienone is 3. The number of nitrogens with zero attached hydrogens (tertiary/aromatic N) is 4. The molecule has 0 spiro atoms. The summed E-state index contributed by atoms with van der Waals surface area (Å²) in [5, 5.41) is 0. The molecule has 0 aliphatic carbocycles. The molecule has 3 aliphatic rings. The highest BCUT2D eigenvalue weighted by atomic mass is 19.1. The van der Waals surface area contributed by atoms with Gasteiger partial charge in [-0.3, -0.25) is 4.79 Å². The van der Waals surface area contributed by atoms with E-state index in [1.807, 2.05) is 41.1 Å². The van der Waals surface area contributed by atoms with Crippen molar-refractivity contribution in [2.75, 3.05) is 31.6 Å². The molecule has 1 aromatic rings. The van der Waals surface area contributed by atoms with Gasteiger partial charge in [-0.05, 0) is 81.4 Å². The molecule has 2 fully saturated rings. The Kier molecular flexibility index (Phi) is 8.65. The smallest absolute Gasteiger partial charge is 0.272 e. The van der Waals surface area contributed by atoms with Crippen LogP contribution in [-0.2, 0) is 4.79 Å². The molecule has 5 nitrogen and oxygen atoms in total. The first-order valence-electron chi connectivity index (χ1n) is 13.7. The van der Waals surface area contributed by atoms with Crippen molar-refractivity contribution in [1.29, 1.82) is 0 Å². The Morgan fingerprint density at radius 1 is 1.17 bits per heavy atom. The molecule has 0 aromatic heterocycles. The third-order valence-corrected chi connectivity index (χ3v) is 7.71. The molecule has 194 valence electrons. The first-order valence-corrected chi connectivity index (χ1v) is 13.7. The Bertz CT molecular complexity index is 1070. The molecule has 1 unspecified atom stereocenters. The Morgan fingerprint density at radius 3 is 2.64 bits per heavy atom. The summed E-state index contributed by atoms with van der Waals surface area (Å²) in [6, 6.07) is 5.61. The Balaban J connectivity index is 1.62. The van der Waals surface area contributed by atoms with Crippen LogP contribution >= 0.6 is 0 Å². The number of likely N-dealkylation sites (tertiary alicyclic amines) is 1. The Labute approximate surface area is 216 Å². The molecule has 2 saturated heterocycles. The monoisotopic (exact) mass is 492 g/mol. The number of rotatable bonds is 7. The molecule has 36 heavy (non-hydrogen) atoms. The van der Waals surface area contributed by atoms with Gasteiger partial charge < -0.3 is 14.7 Å². The maximum Gasteiger partial charge on any atom is 0.272 e. The number of anilines is 1. The highest BCUT2D eigenvalue weighted by Crippen LogP contribution is 2.30. The van der Waals surface area contributed by atoms with E-state index in [0.717, 1.165) is 88.8 Å². The van der Waals surface area contributed by atoms with Crippen LogP contribution in [0.25, 0.3) is 5.57 Å². The zero-order valence-corrected chi connectivity index (χ0v) is 22.2. The van der Waals surface area contributed by atoms with Crippen molar-refractivity contribution in [2.24, 2.45) is 4.99 Å². The standard InChI is InChI=1S/C30H41FN4O/c1-5-6-13-24-21-28(30(36)35-18-9-7-8-12-23(35)3)32-29(33(24)4)19-22(2)26-15-14-25(20-27(26)31)34-16-10-11-17-34/h14-15,19-21,23H,2,5-13,16-18H2,1,3-4H3/b29-19-. The van der Waals surface area contributed by atoms with Crippen LogP contribution in [0.3, 0.4) is 0 Å². The van der Waals surface area contributed by atoms with E-state index < -0.39 is 0 Å². The fourth-order valence-corrected chi connectivity index (χ4v) is 5.36. The third-order valence-electron chi connectivity index (χ3n) is 7.71. The first kappa shape index (κ1) is 26.2. The lowest BCUT2D eigenvalue weighted by Crippen LogP contribution is -2.43. The summed E-state index contributed by atoms with van der Waals surface area (Å²) < 4.78 is 15.1. The van der Waals surface area contributed by atoms with Crippen LogP contribution in [0.1, 0.15) is 77.2 Å². The zero-order valence-electron chi connectivity index (χ0n) is 22.2. The van der Waals surface area contributed by atoms with Crippen molar-refractivity contribution in [1.82, 2.24) is 9.80 Å². The minimum atomic E-state index is -0.278. The van der Waals surface area contributed by atoms with Crippen molar-refractivity contribution < 1.29 is 9.18 Å². The number of amides is 1. The Morgan fingerprint density at radius 2 is 1.92 bits per heavy atom. The number of carbonyl (C=O) groups is 1. The third kappa shape index (κ3) is 5.91. The van der Waals surface area contributed by atoms with Gasteiger partial charge in [-0.1, -0.05) is 32.8 Å². The molecule has 4 rings (SSSR count). The summed E-state index contributed by atoms with van der Waals surface area (Å²) >= 11 is 0. The summed E-state index contributed by atoms with van der Waals surface area (Å²) in [6.07, 6.45) is 13.4. The van der Waals surface area contributed by atoms with Gasteiger partial charge in [-0.2, -0.15) is 0 Å². The number of hydrogen-bond donors (Lipinski definition) is 0. The number of carbonyl (C=O) groups excluding carboxylic acids is 1. The number of benzene rings is 1. The summed E-state index contributed by atoms with van der Waals surface area (Å²) in [6.45, 7) is 11.2. The van der Waals surface area contributed by atoms with Crippen molar-refractivity contribution in [3.05, 3.63) is 59.8 Å². The highest BCUT2D eigenvalue weighted by Gasteiger charge is 2.28. The van der Waals surface area contributed by atoms with E-state index in [-0.39, 0.29) is 17.8 Å². The second kappa shape index (κ2) is 11.9. The van der Waals surface area contributed by atoms with Crippen LogP contribution in [-0.4, -0.2) is 54.1 Å². The number of halogens is 1. The highest BCUT2D eigenvalue weighted by molar-refractivity contribution is 6.43. The maximum absolute atomic E-state index is 15.1. The van der Waals surface area contributed by atoms with E-state index in [2.05, 4.69) is 25.3 Å². The molecular weight excluding hydrogens is 451 g/mol. The van der Waals surface area contributed by atoms with Crippen LogP contribution in [0.2, 0.25) is 0 Å². The lowest BCUT2D eigenvalue weighted by atomic mass is 10.0. The fraction of sp³-hybridized carbons (Fsp3) is 0.533. The normalized spacial score (nSPS) is 21.9. The van der Waals surface area contributed by atoms with Gasteiger partial charge in [0.2, 0.25) is 0 Å². The van der Waals surface area contributed by atoms with Crippen molar-refractivity contribution >= 4 is 22.9 Å². The summed E-state index contributed by atoms with van der Waals surface area (Å²) in [5.41, 5.74) is 3.47. The van der Waals surface area contributed by atoms with Gasteiger partial charge in [0.15, 0.2) is 0 Å². The van der Waals surface area contributed by atoms with E-state index in [1.165, 1.54) is 0 Å². The van der Waals surface area contributed by atoms with Gasteiger partial charge >= 0.3 is 0 Å². The molecule has 6 heteroatoms. The maximum atomic E-state index is 15.1. The van der Waals surface area contributed by atoms with Crippen LogP contribution in [0.4, 0.5) is 10.1 Å². The average Bonchev–Trinajstić information content (AvgIpc) is 3.32. The van der Waals surface area contributed by atoms with E-state index in [1.54, 1.807) is 6.07 Å². The summed E-state index contributed by atoms with van der Waals surface area (Å²) in [5.74, 6) is 0.340. The molecule has 3 heterocycles. The second-order valence-electron chi connectivity index (χ2n) is 10.4. The molecular formula is C30H41FN4O. The van der Waals surface area contributed by atoms with Gasteiger partial charge in [0.05, 0.1) is 0 Å². The zero-order chi connectivity index (χ0) is 25.7. The van der Waals surface area contributed by atoms with E-state index >= 15 is 4.39 Å². The van der Waals surface area contributed by atoms with Crippen molar-refractivity contribution in [3.63, 3.8) is 0 Å². The molecule has 1 aromatic carbocycles. The van der Waals surface area contributed by atoms with Gasteiger partial charge in [0.25, 0.3) is 5.91 Å². The SMILES string of the molecule is C=C(/C=C1/N=C(C(=O)N2CCCCCC2C)C=C(CCCC)N1C)c1ccc(N2CCCC2)cc1F. The van der Waals surface area contributed by atoms with E-state index in [9.17, 15) is 4.79 Å². The molecule has 0 radical (unpaired) electrons. The Hall–Kier alpha value is -2.89. The van der Waals surface area contributed by atoms with Crippen LogP contribution in [0.15, 0.2) is 53.4 Å². The van der Waals surface area contributed by atoms with Crippen LogP contribution < -0.4 is 4.90 Å². The second-order valence-corrected chi connectivity index (χ2v) is 10.4. The topological polar surface area (TPSA) is 39.2 Å². The number of aliphatic imine (C=N–C) groups is 1. The lowest BCUT2D eigenvalue weighted by Gasteiger charge is -2.31. The predicted molar refractivity (Wildman–Crippen MR) is 147 cm³/mol. The quantitative estimate of drug-likeness (QED) is 0.434. The fourth-order valence-electron chi connectivity index (χ4n) is 5.36. The molecule has 3 aliphatic heterocycles. The van der Waals surface area contributed by atoms with Crippen LogP contribution in [0.5, 0.6) is 0 Å². The number of hydrogen-bond acceptors (Lipinski definition) is 4. The van der Waals surface area contributed by atoms with Crippen LogP contribution in [0, 0.1) is 5.82 Å². The average molecular weight is 493 g/mol. The van der Waals surface area contributed by atoms with Crippen molar-refractivity contribution in [3.8, 4) is 0 Å². The predicted octanol–water partition coefficient (Wildman–Crippen LogP) is 6.53. The number of unbranched alkanes of at least 4 members (excludes halogenated alkanes) is 1. The van der Waals surface area contributed by atoms with Gasteiger partial charge in [-0.15, -0.1) is 0 Å². The van der Waals surface area contributed by atoms with E-state index in [4.69, 9.17) is 4.99 Å². The van der Waals surface area contributed by atoms with Crippen molar-refractivity contribution in [2.45, 2.75) is 77.7 Å². The summed E-state index contributed by atoms with van der Waals surface area (Å²) in [7, 11) is 1.97. The molecule has 0 saturated carbocycles. The molecule has 0 N–H and O–H groups in total. The lowest BCUT2D eigenvalue weighted by molar-refractivity contribution is -0.125. The first-order chi connectivity index (χ1) is 17.4. The van der Waals surface area contributed by atoms with Gasteiger partial charge in [0.1, 0.15) is 17.3 Å². The van der Waals surface area contributed by atoms with Gasteiger partial charge in [-0.25, -0.2) is 9.38 Å². The molecule has 1 amide bonds. The van der Waals surface area contributed by atoms with E-state index in [0.29, 0.717) is 22.7 Å². The minimum Gasteiger partial charge on any atom is -0.371 e. The van der Waals surface area contributed by atoms with Gasteiger partial charge in [0, 0.05) is 49.7 Å². The summed E-state index contributed by atoms with van der Waals surface area (Å²) in [4.78, 5) is 24.6. The molecule has 1 atom stereocenters.